The number of halogens is 1. The molecule has 0 aliphatic rings. The van der Waals surface area contributed by atoms with Crippen molar-refractivity contribution in [1.29, 1.82) is 0 Å². The normalized spacial score (nSPS) is 10.7. The molecule has 29 heavy (non-hydrogen) atoms. The Hall–Kier alpha value is -3.34. The molecule has 0 heterocycles. The number of nitrogens with one attached hydrogen (secondary N) is 1. The van der Waals surface area contributed by atoms with E-state index in [2.05, 4.69) is 19.2 Å². The van der Waals surface area contributed by atoms with Crippen LogP contribution in [-0.4, -0.2) is 20.1 Å². The number of carbonyl (C=O) groups excluding carboxylic acids is 1. The maximum atomic E-state index is 14.4. The number of methoxy groups -OCH3 is 2. The molecule has 1 amide bonds. The predicted octanol–water partition coefficient (Wildman–Crippen LogP) is 5.89. The van der Waals surface area contributed by atoms with Crippen LogP contribution in [0.2, 0.25) is 0 Å². The van der Waals surface area contributed by atoms with Gasteiger partial charge >= 0.3 is 0 Å². The van der Waals surface area contributed by atoms with Crippen molar-refractivity contribution >= 4 is 11.6 Å². The molecule has 0 aliphatic carbocycles. The zero-order chi connectivity index (χ0) is 21.0. The molecule has 0 unspecified atom stereocenters. The van der Waals surface area contributed by atoms with E-state index < -0.39 is 11.7 Å². The van der Waals surface area contributed by atoms with Gasteiger partial charge in [-0.2, -0.15) is 0 Å². The van der Waals surface area contributed by atoms with Crippen molar-refractivity contribution in [3.8, 4) is 22.6 Å². The zero-order valence-electron chi connectivity index (χ0n) is 17.0. The molecule has 0 spiro atoms. The molecule has 0 aromatic heterocycles. The first kappa shape index (κ1) is 20.4. The van der Waals surface area contributed by atoms with Crippen molar-refractivity contribution in [3.63, 3.8) is 0 Å². The summed E-state index contributed by atoms with van der Waals surface area (Å²) in [6, 6.07) is 17.2. The molecule has 3 aromatic carbocycles. The smallest absolute Gasteiger partial charge is 0.258 e. The van der Waals surface area contributed by atoms with Crippen LogP contribution < -0.4 is 14.8 Å². The van der Waals surface area contributed by atoms with E-state index in [1.165, 1.54) is 6.07 Å². The Bertz CT molecular complexity index is 1020. The number of rotatable bonds is 6. The molecule has 4 nitrogen and oxygen atoms in total. The Morgan fingerprint density at radius 1 is 0.931 bits per heavy atom. The molecule has 0 fully saturated rings. The van der Waals surface area contributed by atoms with Crippen LogP contribution in [0.4, 0.5) is 10.1 Å². The molecule has 1 N–H and O–H groups in total. The van der Waals surface area contributed by atoms with Gasteiger partial charge in [-0.05, 0) is 47.4 Å². The lowest BCUT2D eigenvalue weighted by Gasteiger charge is -2.17. The molecule has 0 aliphatic heterocycles. The minimum Gasteiger partial charge on any atom is -0.496 e. The van der Waals surface area contributed by atoms with Crippen LogP contribution in [0.1, 0.15) is 35.7 Å². The van der Waals surface area contributed by atoms with Crippen LogP contribution in [0.25, 0.3) is 11.1 Å². The van der Waals surface area contributed by atoms with Crippen molar-refractivity contribution in [2.24, 2.45) is 0 Å². The third-order valence-electron chi connectivity index (χ3n) is 4.73. The fourth-order valence-electron chi connectivity index (χ4n) is 3.19. The van der Waals surface area contributed by atoms with Gasteiger partial charge in [-0.1, -0.05) is 38.1 Å². The second kappa shape index (κ2) is 8.78. The number of carbonyl (C=O) groups is 1. The summed E-state index contributed by atoms with van der Waals surface area (Å²) in [7, 11) is 3.18. The maximum absolute atomic E-state index is 14.4. The van der Waals surface area contributed by atoms with E-state index in [1.807, 2.05) is 18.2 Å². The molecule has 0 atom stereocenters. The van der Waals surface area contributed by atoms with Gasteiger partial charge in [0.1, 0.15) is 17.3 Å². The van der Waals surface area contributed by atoms with Gasteiger partial charge in [0.25, 0.3) is 5.91 Å². The van der Waals surface area contributed by atoms with Gasteiger partial charge < -0.3 is 14.8 Å². The number of hydrogen-bond donors (Lipinski definition) is 1. The topological polar surface area (TPSA) is 47.6 Å². The minimum atomic E-state index is -0.584. The third-order valence-corrected chi connectivity index (χ3v) is 4.73. The number of ether oxygens (including phenoxy) is 2. The first-order valence-electron chi connectivity index (χ1n) is 9.36. The second-order valence-corrected chi connectivity index (χ2v) is 6.96. The average Bonchev–Trinajstić information content (AvgIpc) is 2.73. The predicted molar refractivity (Wildman–Crippen MR) is 113 cm³/mol. The fraction of sp³-hybridized carbons (Fsp3) is 0.208. The summed E-state index contributed by atoms with van der Waals surface area (Å²) in [5.41, 5.74) is 3.03. The molecular weight excluding hydrogens is 369 g/mol. The highest BCUT2D eigenvalue weighted by molar-refractivity contribution is 6.05. The van der Waals surface area contributed by atoms with Crippen molar-refractivity contribution in [2.75, 3.05) is 19.5 Å². The van der Waals surface area contributed by atoms with Crippen LogP contribution in [0.3, 0.4) is 0 Å². The second-order valence-electron chi connectivity index (χ2n) is 6.96. The third kappa shape index (κ3) is 4.40. The van der Waals surface area contributed by atoms with Crippen LogP contribution in [0.5, 0.6) is 11.5 Å². The Morgan fingerprint density at radius 3 is 2.24 bits per heavy atom. The summed E-state index contributed by atoms with van der Waals surface area (Å²) >= 11 is 0. The number of hydrogen-bond acceptors (Lipinski definition) is 3. The quantitative estimate of drug-likeness (QED) is 0.568. The lowest BCUT2D eigenvalue weighted by Crippen LogP contribution is -2.13. The monoisotopic (exact) mass is 393 g/mol. The zero-order valence-corrected chi connectivity index (χ0v) is 17.0. The van der Waals surface area contributed by atoms with Crippen LogP contribution in [0, 0.1) is 5.82 Å². The molecule has 0 saturated heterocycles. The molecule has 0 bridgehead atoms. The number of anilines is 1. The highest BCUT2D eigenvalue weighted by Gasteiger charge is 2.18. The Balaban J connectivity index is 2.05. The highest BCUT2D eigenvalue weighted by atomic mass is 19.1. The standard InChI is InChI=1S/C24H24FNO3/c1-15(2)18-13-19(23(29-4)14-22(18)28-3)16-10-11-21(25)20(12-16)24(27)26-17-8-6-5-7-9-17/h5-15H,1-4H3,(H,26,27). The van der Waals surface area contributed by atoms with E-state index in [-0.39, 0.29) is 11.5 Å². The van der Waals surface area contributed by atoms with E-state index in [4.69, 9.17) is 9.47 Å². The lowest BCUT2D eigenvalue weighted by atomic mass is 9.94. The van der Waals surface area contributed by atoms with Gasteiger partial charge in [0.05, 0.1) is 19.8 Å². The van der Waals surface area contributed by atoms with Gasteiger partial charge in [-0.3, -0.25) is 4.79 Å². The van der Waals surface area contributed by atoms with E-state index >= 15 is 0 Å². The minimum absolute atomic E-state index is 0.0321. The van der Waals surface area contributed by atoms with Gasteiger partial charge in [-0.25, -0.2) is 4.39 Å². The summed E-state index contributed by atoms with van der Waals surface area (Å²) in [4.78, 5) is 12.6. The van der Waals surface area contributed by atoms with E-state index in [1.54, 1.807) is 50.6 Å². The van der Waals surface area contributed by atoms with Crippen LogP contribution in [0.15, 0.2) is 60.7 Å². The molecule has 3 aromatic rings. The maximum Gasteiger partial charge on any atom is 0.258 e. The van der Waals surface area contributed by atoms with Gasteiger partial charge in [0.15, 0.2) is 0 Å². The average molecular weight is 393 g/mol. The van der Waals surface area contributed by atoms with Crippen molar-refractivity contribution in [2.45, 2.75) is 19.8 Å². The van der Waals surface area contributed by atoms with Crippen LogP contribution in [-0.2, 0) is 0 Å². The number of benzene rings is 3. The number of para-hydroxylation sites is 1. The van der Waals surface area contributed by atoms with E-state index in [0.717, 1.165) is 16.9 Å². The van der Waals surface area contributed by atoms with E-state index in [9.17, 15) is 9.18 Å². The lowest BCUT2D eigenvalue weighted by molar-refractivity contribution is 0.102. The highest BCUT2D eigenvalue weighted by Crippen LogP contribution is 2.39. The van der Waals surface area contributed by atoms with Crippen molar-refractivity contribution < 1.29 is 18.7 Å². The molecule has 150 valence electrons. The van der Waals surface area contributed by atoms with Crippen molar-refractivity contribution in [1.82, 2.24) is 0 Å². The summed E-state index contributed by atoms with van der Waals surface area (Å²) in [5, 5.41) is 2.72. The Morgan fingerprint density at radius 2 is 1.62 bits per heavy atom. The van der Waals surface area contributed by atoms with Gasteiger partial charge in [0.2, 0.25) is 0 Å². The summed E-state index contributed by atoms with van der Waals surface area (Å²) < 4.78 is 25.4. The van der Waals surface area contributed by atoms with E-state index in [0.29, 0.717) is 17.0 Å². The molecule has 0 saturated carbocycles. The summed E-state index contributed by atoms with van der Waals surface area (Å²) in [6.07, 6.45) is 0. The number of amides is 1. The first-order valence-corrected chi connectivity index (χ1v) is 9.36. The molecular formula is C24H24FNO3. The summed E-state index contributed by atoms with van der Waals surface area (Å²) in [6.45, 7) is 4.13. The van der Waals surface area contributed by atoms with Gasteiger partial charge in [-0.15, -0.1) is 0 Å². The Labute approximate surface area is 170 Å². The fourth-order valence-corrected chi connectivity index (χ4v) is 3.19. The SMILES string of the molecule is COc1cc(OC)c(C(C)C)cc1-c1ccc(F)c(C(=O)Nc2ccccc2)c1. The molecule has 3 rings (SSSR count). The first-order chi connectivity index (χ1) is 13.9. The van der Waals surface area contributed by atoms with Gasteiger partial charge in [0, 0.05) is 17.3 Å². The summed E-state index contributed by atoms with van der Waals surface area (Å²) in [5.74, 6) is 0.443. The Kier molecular flexibility index (Phi) is 6.17. The molecule has 0 radical (unpaired) electrons. The molecule has 5 heteroatoms. The van der Waals surface area contributed by atoms with Crippen molar-refractivity contribution in [3.05, 3.63) is 77.6 Å². The van der Waals surface area contributed by atoms with Crippen LogP contribution >= 0.6 is 0 Å². The largest absolute Gasteiger partial charge is 0.496 e.